The molecule has 0 unspecified atom stereocenters. The Hall–Kier alpha value is -2.85. The maximum absolute atomic E-state index is 10.5. The van der Waals surface area contributed by atoms with Crippen LogP contribution in [0.3, 0.4) is 0 Å². The molecule has 0 amide bonds. The number of benzene rings is 1. The highest BCUT2D eigenvalue weighted by molar-refractivity contribution is 7.16. The van der Waals surface area contributed by atoms with Gasteiger partial charge < -0.3 is 19.4 Å². The molecule has 0 atom stereocenters. The van der Waals surface area contributed by atoms with Crippen LogP contribution >= 0.6 is 11.3 Å². The van der Waals surface area contributed by atoms with Gasteiger partial charge in [-0.2, -0.15) is 5.26 Å². The first kappa shape index (κ1) is 17.0. The van der Waals surface area contributed by atoms with Crippen molar-refractivity contribution < 1.29 is 19.4 Å². The van der Waals surface area contributed by atoms with E-state index in [0.29, 0.717) is 17.1 Å². The van der Waals surface area contributed by atoms with Crippen LogP contribution in [0.15, 0.2) is 23.2 Å². The molecule has 0 radical (unpaired) electrons. The molecular weight excluding hydrogens is 340 g/mol. The van der Waals surface area contributed by atoms with E-state index in [4.69, 9.17) is 9.47 Å². The van der Waals surface area contributed by atoms with E-state index in [1.165, 1.54) is 12.0 Å². The minimum atomic E-state index is -1.30. The summed E-state index contributed by atoms with van der Waals surface area (Å²) >= 11 is 1.57. The van der Waals surface area contributed by atoms with Gasteiger partial charge in [0.25, 0.3) is 0 Å². The number of carbonyl (C=O) groups is 1. The van der Waals surface area contributed by atoms with Gasteiger partial charge in [-0.3, -0.25) is 0 Å². The Balaban J connectivity index is 1.82. The van der Waals surface area contributed by atoms with Crippen molar-refractivity contribution in [1.29, 1.82) is 5.26 Å². The average Bonchev–Trinajstić information content (AvgIpc) is 3.18. The number of nitrogens with zero attached hydrogens (tertiary/aromatic N) is 2. The van der Waals surface area contributed by atoms with Gasteiger partial charge >= 0.3 is 0 Å². The van der Waals surface area contributed by atoms with Gasteiger partial charge in [0.15, 0.2) is 11.5 Å². The Labute approximate surface area is 149 Å². The number of ether oxygens (including phenoxy) is 2. The van der Waals surface area contributed by atoms with Crippen LogP contribution in [0.25, 0.3) is 0 Å². The Bertz CT molecular complexity index is 880. The zero-order chi connectivity index (χ0) is 17.8. The second kappa shape index (κ2) is 7.36. The van der Waals surface area contributed by atoms with Crippen LogP contribution in [-0.4, -0.2) is 25.9 Å². The standard InChI is InChI=1S/C18H16N2O4S/c1-23-15-7-11(5-6-14(15)24-10-17(21)22)9-20-18-13(8-19)12-3-2-4-16(12)25-18/h5-7,9H,2-4,10H2,1H3,(H,21,22)/p-1. The molecule has 0 aliphatic heterocycles. The normalized spacial score (nSPS) is 12.8. The number of carboxylic acids is 1. The molecule has 25 heavy (non-hydrogen) atoms. The third-order valence-electron chi connectivity index (χ3n) is 3.88. The van der Waals surface area contributed by atoms with Gasteiger partial charge in [-0.05, 0) is 48.6 Å². The third kappa shape index (κ3) is 3.64. The molecule has 1 aliphatic carbocycles. The average molecular weight is 355 g/mol. The molecule has 0 fully saturated rings. The fourth-order valence-corrected chi connectivity index (χ4v) is 3.93. The maximum atomic E-state index is 10.5. The molecule has 0 saturated carbocycles. The third-order valence-corrected chi connectivity index (χ3v) is 5.08. The van der Waals surface area contributed by atoms with Crippen molar-refractivity contribution in [3.05, 3.63) is 39.8 Å². The zero-order valence-corrected chi connectivity index (χ0v) is 14.4. The fraction of sp³-hybridized carbons (Fsp3) is 0.278. The van der Waals surface area contributed by atoms with Crippen LogP contribution < -0.4 is 14.6 Å². The number of thiophene rings is 1. The van der Waals surface area contributed by atoms with E-state index in [9.17, 15) is 15.2 Å². The fourth-order valence-electron chi connectivity index (χ4n) is 2.75. The summed E-state index contributed by atoms with van der Waals surface area (Å²) in [4.78, 5) is 16.2. The minimum absolute atomic E-state index is 0.316. The number of nitriles is 1. The van der Waals surface area contributed by atoms with Crippen molar-refractivity contribution >= 4 is 28.5 Å². The summed E-state index contributed by atoms with van der Waals surface area (Å²) in [6.45, 7) is -0.546. The first-order valence-electron chi connectivity index (χ1n) is 7.71. The summed E-state index contributed by atoms with van der Waals surface area (Å²) in [6, 6.07) is 7.31. The van der Waals surface area contributed by atoms with Gasteiger partial charge in [0.05, 0.1) is 18.6 Å². The van der Waals surface area contributed by atoms with Crippen molar-refractivity contribution in [3.8, 4) is 17.6 Å². The van der Waals surface area contributed by atoms with E-state index in [1.54, 1.807) is 35.8 Å². The second-order valence-corrected chi connectivity index (χ2v) is 6.56. The Morgan fingerprint density at radius 1 is 1.44 bits per heavy atom. The number of rotatable bonds is 6. The van der Waals surface area contributed by atoms with Crippen molar-refractivity contribution in [1.82, 2.24) is 0 Å². The van der Waals surface area contributed by atoms with Gasteiger partial charge in [-0.25, -0.2) is 4.99 Å². The Morgan fingerprint density at radius 2 is 2.28 bits per heavy atom. The highest BCUT2D eigenvalue weighted by Gasteiger charge is 2.21. The van der Waals surface area contributed by atoms with E-state index in [1.807, 2.05) is 0 Å². The summed E-state index contributed by atoms with van der Waals surface area (Å²) in [5.74, 6) is -0.585. The number of aryl methyl sites for hydroxylation is 1. The van der Waals surface area contributed by atoms with Crippen LogP contribution in [0.4, 0.5) is 5.00 Å². The summed E-state index contributed by atoms with van der Waals surface area (Å²) in [5, 5.41) is 20.6. The van der Waals surface area contributed by atoms with Crippen molar-refractivity contribution in [2.45, 2.75) is 19.3 Å². The summed E-state index contributed by atoms with van der Waals surface area (Å²) < 4.78 is 10.3. The molecular formula is C18H15N2O4S-. The monoisotopic (exact) mass is 355 g/mol. The van der Waals surface area contributed by atoms with Crippen LogP contribution in [0.5, 0.6) is 11.5 Å². The van der Waals surface area contributed by atoms with E-state index in [-0.39, 0.29) is 0 Å². The van der Waals surface area contributed by atoms with Gasteiger partial charge in [0, 0.05) is 11.1 Å². The molecule has 2 aromatic rings. The molecule has 1 aliphatic rings. The number of carboxylic acid groups (broad SMARTS) is 1. The van der Waals surface area contributed by atoms with E-state index < -0.39 is 12.6 Å². The molecule has 6 nitrogen and oxygen atoms in total. The van der Waals surface area contributed by atoms with E-state index >= 15 is 0 Å². The van der Waals surface area contributed by atoms with Crippen LogP contribution in [0, 0.1) is 11.3 Å². The zero-order valence-electron chi connectivity index (χ0n) is 13.6. The predicted molar refractivity (Wildman–Crippen MR) is 91.8 cm³/mol. The van der Waals surface area contributed by atoms with Crippen LogP contribution in [-0.2, 0) is 17.6 Å². The van der Waals surface area contributed by atoms with Gasteiger partial charge in [0.1, 0.15) is 17.7 Å². The van der Waals surface area contributed by atoms with E-state index in [2.05, 4.69) is 11.1 Å². The van der Waals surface area contributed by atoms with E-state index in [0.717, 1.165) is 35.4 Å². The van der Waals surface area contributed by atoms with Crippen molar-refractivity contribution in [2.24, 2.45) is 4.99 Å². The number of fused-ring (bicyclic) bond motifs is 1. The number of hydrogen-bond donors (Lipinski definition) is 0. The first-order valence-corrected chi connectivity index (χ1v) is 8.53. The smallest absolute Gasteiger partial charge is 0.161 e. The first-order chi connectivity index (χ1) is 12.1. The molecule has 0 N–H and O–H groups in total. The largest absolute Gasteiger partial charge is 0.546 e. The molecule has 3 rings (SSSR count). The number of methoxy groups -OCH3 is 1. The predicted octanol–water partition coefficient (Wildman–Crippen LogP) is 2.00. The van der Waals surface area contributed by atoms with Crippen molar-refractivity contribution in [3.63, 3.8) is 0 Å². The minimum Gasteiger partial charge on any atom is -0.546 e. The van der Waals surface area contributed by atoms with Gasteiger partial charge in [-0.1, -0.05) is 0 Å². The Kier molecular flexibility index (Phi) is 5.00. The molecule has 7 heteroatoms. The lowest BCUT2D eigenvalue weighted by Crippen LogP contribution is -2.29. The Morgan fingerprint density at radius 3 is 3.00 bits per heavy atom. The SMILES string of the molecule is COc1cc(C=Nc2sc3c(c2C#N)CCC3)ccc1OCC(=O)[O-]. The van der Waals surface area contributed by atoms with Crippen molar-refractivity contribution in [2.75, 3.05) is 13.7 Å². The molecule has 1 aromatic carbocycles. The lowest BCUT2D eigenvalue weighted by Gasteiger charge is -2.11. The highest BCUT2D eigenvalue weighted by Crippen LogP contribution is 2.40. The number of aliphatic imine (C=N–C) groups is 1. The highest BCUT2D eigenvalue weighted by atomic mass is 32.1. The van der Waals surface area contributed by atoms with Crippen LogP contribution in [0.1, 0.15) is 28.0 Å². The maximum Gasteiger partial charge on any atom is 0.161 e. The van der Waals surface area contributed by atoms with Gasteiger partial charge in [-0.15, -0.1) is 11.3 Å². The number of carbonyl (C=O) groups excluding carboxylic acids is 1. The lowest BCUT2D eigenvalue weighted by molar-refractivity contribution is -0.307. The lowest BCUT2D eigenvalue weighted by atomic mass is 10.1. The number of aliphatic carboxylic acids is 1. The second-order valence-electron chi connectivity index (χ2n) is 5.48. The molecule has 1 aromatic heterocycles. The van der Waals surface area contributed by atoms with Gasteiger partial charge in [0.2, 0.25) is 0 Å². The molecule has 1 heterocycles. The summed E-state index contributed by atoms with van der Waals surface area (Å²) in [7, 11) is 1.47. The molecule has 0 saturated heterocycles. The topological polar surface area (TPSA) is 94.7 Å². The molecule has 0 bridgehead atoms. The summed E-state index contributed by atoms with van der Waals surface area (Å²) in [5.41, 5.74) is 2.58. The molecule has 128 valence electrons. The van der Waals surface area contributed by atoms with Crippen LogP contribution in [0.2, 0.25) is 0 Å². The quantitative estimate of drug-likeness (QED) is 0.739. The number of hydrogen-bond acceptors (Lipinski definition) is 7. The molecule has 0 spiro atoms. The summed E-state index contributed by atoms with van der Waals surface area (Å²) in [6.07, 6.45) is 4.72.